The molecule has 0 aromatic rings. The summed E-state index contributed by atoms with van der Waals surface area (Å²) in [5.74, 6) is 1.01. The molecule has 1 aliphatic carbocycles. The molecule has 2 aliphatic rings. The lowest BCUT2D eigenvalue weighted by molar-refractivity contribution is 0.0338. The molecule has 1 heterocycles. The molecule has 0 aromatic carbocycles. The summed E-state index contributed by atoms with van der Waals surface area (Å²) in [6.45, 7) is 18.3. The van der Waals surface area contributed by atoms with Crippen LogP contribution in [-0.4, -0.2) is 24.5 Å². The highest BCUT2D eigenvalue weighted by Gasteiger charge is 2.48. The third-order valence-corrected chi connectivity index (χ3v) is 4.56. The fourth-order valence-electron chi connectivity index (χ4n) is 4.34. The van der Waals surface area contributed by atoms with Crippen molar-refractivity contribution in [2.24, 2.45) is 22.2 Å². The standard InChI is InChI=1S/C17H33N/c1-15(2,3)9-14-10-17(11-14)7-8-18(13-17)12-16(4,5)6/h14H,7-13H2,1-6H3. The van der Waals surface area contributed by atoms with Gasteiger partial charge in [0.2, 0.25) is 0 Å². The number of hydrogen-bond donors (Lipinski definition) is 0. The second-order valence-corrected chi connectivity index (χ2v) is 9.56. The van der Waals surface area contributed by atoms with E-state index in [1.54, 1.807) is 0 Å². The molecule has 18 heavy (non-hydrogen) atoms. The Morgan fingerprint density at radius 3 is 2.11 bits per heavy atom. The van der Waals surface area contributed by atoms with Crippen LogP contribution < -0.4 is 0 Å². The summed E-state index contributed by atoms with van der Waals surface area (Å²) >= 11 is 0. The molecule has 0 unspecified atom stereocenters. The second kappa shape index (κ2) is 4.51. The van der Waals surface area contributed by atoms with Gasteiger partial charge < -0.3 is 4.90 Å². The predicted octanol–water partition coefficient (Wildman–Crippen LogP) is 4.57. The topological polar surface area (TPSA) is 3.24 Å². The number of likely N-dealkylation sites (tertiary alicyclic amines) is 1. The molecule has 0 amide bonds. The molecule has 0 bridgehead atoms. The molecule has 0 aromatic heterocycles. The van der Waals surface area contributed by atoms with Crippen LogP contribution in [0, 0.1) is 22.2 Å². The van der Waals surface area contributed by atoms with Gasteiger partial charge in [-0.3, -0.25) is 0 Å². The summed E-state index contributed by atoms with van der Waals surface area (Å²) in [7, 11) is 0. The maximum atomic E-state index is 2.72. The third-order valence-electron chi connectivity index (χ3n) is 4.56. The zero-order chi connectivity index (χ0) is 13.6. The molecule has 0 radical (unpaired) electrons. The molecule has 2 fully saturated rings. The Balaban J connectivity index is 1.78. The van der Waals surface area contributed by atoms with E-state index in [0.717, 1.165) is 11.3 Å². The van der Waals surface area contributed by atoms with Gasteiger partial charge in [-0.05, 0) is 54.4 Å². The fraction of sp³-hybridized carbons (Fsp3) is 1.00. The van der Waals surface area contributed by atoms with Crippen molar-refractivity contribution in [2.75, 3.05) is 19.6 Å². The lowest BCUT2D eigenvalue weighted by Crippen LogP contribution is -2.42. The van der Waals surface area contributed by atoms with Crippen LogP contribution in [0.2, 0.25) is 0 Å². The first-order valence-corrected chi connectivity index (χ1v) is 7.79. The van der Waals surface area contributed by atoms with Crippen molar-refractivity contribution in [1.29, 1.82) is 0 Å². The Bertz CT molecular complexity index is 286. The fourth-order valence-corrected chi connectivity index (χ4v) is 4.34. The van der Waals surface area contributed by atoms with Gasteiger partial charge in [0.25, 0.3) is 0 Å². The van der Waals surface area contributed by atoms with Crippen molar-refractivity contribution in [2.45, 2.75) is 67.2 Å². The first-order valence-electron chi connectivity index (χ1n) is 7.79. The van der Waals surface area contributed by atoms with Gasteiger partial charge in [0, 0.05) is 13.1 Å². The summed E-state index contributed by atoms with van der Waals surface area (Å²) in [5.41, 5.74) is 1.71. The molecule has 0 atom stereocenters. The van der Waals surface area contributed by atoms with E-state index in [2.05, 4.69) is 46.4 Å². The van der Waals surface area contributed by atoms with Gasteiger partial charge in [0.1, 0.15) is 0 Å². The van der Waals surface area contributed by atoms with Gasteiger partial charge >= 0.3 is 0 Å². The molecule has 2 rings (SSSR count). The molecule has 1 saturated heterocycles. The van der Waals surface area contributed by atoms with E-state index < -0.39 is 0 Å². The maximum Gasteiger partial charge on any atom is 0.00389 e. The van der Waals surface area contributed by atoms with Gasteiger partial charge in [-0.15, -0.1) is 0 Å². The SMILES string of the molecule is CC(C)(C)CC1CC2(CCN(CC(C)(C)C)C2)C1. The van der Waals surface area contributed by atoms with Crippen molar-refractivity contribution in [3.63, 3.8) is 0 Å². The average molecular weight is 251 g/mol. The summed E-state index contributed by atoms with van der Waals surface area (Å²) in [6, 6.07) is 0. The normalized spacial score (nSPS) is 34.0. The summed E-state index contributed by atoms with van der Waals surface area (Å²) in [6.07, 6.45) is 5.90. The Labute approximate surface area is 114 Å². The van der Waals surface area contributed by atoms with Crippen LogP contribution in [0.15, 0.2) is 0 Å². The molecule has 1 aliphatic heterocycles. The van der Waals surface area contributed by atoms with E-state index in [-0.39, 0.29) is 0 Å². The highest BCUT2D eigenvalue weighted by molar-refractivity contribution is 5.01. The van der Waals surface area contributed by atoms with E-state index in [1.165, 1.54) is 45.3 Å². The van der Waals surface area contributed by atoms with Gasteiger partial charge in [-0.1, -0.05) is 41.5 Å². The summed E-state index contributed by atoms with van der Waals surface area (Å²) in [5, 5.41) is 0. The monoisotopic (exact) mass is 251 g/mol. The largest absolute Gasteiger partial charge is 0.302 e. The molecule has 106 valence electrons. The molecule has 1 spiro atoms. The van der Waals surface area contributed by atoms with E-state index in [0.29, 0.717) is 10.8 Å². The van der Waals surface area contributed by atoms with Gasteiger partial charge in [-0.2, -0.15) is 0 Å². The van der Waals surface area contributed by atoms with Gasteiger partial charge in [-0.25, -0.2) is 0 Å². The molecule has 1 nitrogen and oxygen atoms in total. The van der Waals surface area contributed by atoms with Crippen LogP contribution in [0.1, 0.15) is 67.2 Å². The number of rotatable bonds is 2. The lowest BCUT2D eigenvalue weighted by Gasteiger charge is -2.47. The van der Waals surface area contributed by atoms with Crippen LogP contribution >= 0.6 is 0 Å². The first kappa shape index (κ1) is 14.4. The van der Waals surface area contributed by atoms with Crippen LogP contribution in [-0.2, 0) is 0 Å². The minimum atomic E-state index is 0.458. The minimum absolute atomic E-state index is 0.458. The van der Waals surface area contributed by atoms with Crippen molar-refractivity contribution >= 4 is 0 Å². The van der Waals surface area contributed by atoms with Gasteiger partial charge in [0.05, 0.1) is 0 Å². The number of nitrogens with zero attached hydrogens (tertiary/aromatic N) is 1. The van der Waals surface area contributed by atoms with Crippen molar-refractivity contribution in [3.8, 4) is 0 Å². The summed E-state index contributed by atoms with van der Waals surface area (Å²) in [4.78, 5) is 2.72. The van der Waals surface area contributed by atoms with E-state index >= 15 is 0 Å². The van der Waals surface area contributed by atoms with Gasteiger partial charge in [0.15, 0.2) is 0 Å². The number of hydrogen-bond acceptors (Lipinski definition) is 1. The molecular weight excluding hydrogens is 218 g/mol. The zero-order valence-electron chi connectivity index (χ0n) is 13.5. The van der Waals surface area contributed by atoms with E-state index in [4.69, 9.17) is 0 Å². The Morgan fingerprint density at radius 2 is 1.61 bits per heavy atom. The average Bonchev–Trinajstić information content (AvgIpc) is 2.41. The second-order valence-electron chi connectivity index (χ2n) is 9.56. The minimum Gasteiger partial charge on any atom is -0.302 e. The van der Waals surface area contributed by atoms with E-state index in [1.807, 2.05) is 0 Å². The third kappa shape index (κ3) is 3.73. The highest BCUT2D eigenvalue weighted by atomic mass is 15.2. The zero-order valence-corrected chi connectivity index (χ0v) is 13.5. The van der Waals surface area contributed by atoms with Crippen LogP contribution in [0.4, 0.5) is 0 Å². The molecule has 1 heteroatoms. The molecule has 0 N–H and O–H groups in total. The Kier molecular flexibility index (Phi) is 3.60. The molecule has 1 saturated carbocycles. The predicted molar refractivity (Wildman–Crippen MR) is 79.7 cm³/mol. The maximum absolute atomic E-state index is 2.72. The van der Waals surface area contributed by atoms with Crippen molar-refractivity contribution in [1.82, 2.24) is 4.90 Å². The first-order chi connectivity index (χ1) is 8.07. The van der Waals surface area contributed by atoms with Crippen LogP contribution in [0.5, 0.6) is 0 Å². The highest BCUT2D eigenvalue weighted by Crippen LogP contribution is 2.54. The Hall–Kier alpha value is -0.0400. The van der Waals surface area contributed by atoms with Crippen LogP contribution in [0.25, 0.3) is 0 Å². The van der Waals surface area contributed by atoms with Crippen molar-refractivity contribution in [3.05, 3.63) is 0 Å². The smallest absolute Gasteiger partial charge is 0.00389 e. The van der Waals surface area contributed by atoms with Crippen molar-refractivity contribution < 1.29 is 0 Å². The summed E-state index contributed by atoms with van der Waals surface area (Å²) < 4.78 is 0. The quantitative estimate of drug-likeness (QED) is 0.695. The Morgan fingerprint density at radius 1 is 1.00 bits per heavy atom. The molecular formula is C17H33N. The van der Waals surface area contributed by atoms with Crippen LogP contribution in [0.3, 0.4) is 0 Å². The van der Waals surface area contributed by atoms with E-state index in [9.17, 15) is 0 Å². The lowest BCUT2D eigenvalue weighted by atomic mass is 9.58.